The van der Waals surface area contributed by atoms with Crippen LogP contribution < -0.4 is 5.32 Å². The number of nitrogens with zero attached hydrogens (tertiary/aromatic N) is 2. The number of rotatable bonds is 4. The monoisotopic (exact) mass is 207 g/mol. The molecule has 1 aromatic heterocycles. The average molecular weight is 207 g/mol. The zero-order chi connectivity index (χ0) is 10.7. The standard InChI is InChI=1S/C12H21N3/c1-12(5-3-4-6-12)9-15-10-14-8-11(15)7-13-2/h8,10,13H,3-7,9H2,1-2H3. The Kier molecular flexibility index (Phi) is 3.10. The second-order valence-electron chi connectivity index (χ2n) is 5.06. The van der Waals surface area contributed by atoms with Gasteiger partial charge in [-0.05, 0) is 25.3 Å². The van der Waals surface area contributed by atoms with Crippen molar-refractivity contribution in [3.8, 4) is 0 Å². The summed E-state index contributed by atoms with van der Waals surface area (Å²) in [6.45, 7) is 4.45. The van der Waals surface area contributed by atoms with Gasteiger partial charge >= 0.3 is 0 Å². The fourth-order valence-electron chi connectivity index (χ4n) is 2.62. The quantitative estimate of drug-likeness (QED) is 0.820. The van der Waals surface area contributed by atoms with Crippen molar-refractivity contribution in [2.45, 2.75) is 45.7 Å². The Balaban J connectivity index is 2.06. The molecule has 0 spiro atoms. The Morgan fingerprint density at radius 3 is 2.87 bits per heavy atom. The summed E-state index contributed by atoms with van der Waals surface area (Å²) in [6.07, 6.45) is 9.46. The van der Waals surface area contributed by atoms with Crippen molar-refractivity contribution in [2.24, 2.45) is 5.41 Å². The molecule has 0 unspecified atom stereocenters. The Bertz CT molecular complexity index is 310. The molecule has 2 rings (SSSR count). The highest BCUT2D eigenvalue weighted by atomic mass is 15.1. The summed E-state index contributed by atoms with van der Waals surface area (Å²) >= 11 is 0. The van der Waals surface area contributed by atoms with Crippen LogP contribution in [0.15, 0.2) is 12.5 Å². The predicted molar refractivity (Wildman–Crippen MR) is 61.6 cm³/mol. The molecule has 0 bridgehead atoms. The van der Waals surface area contributed by atoms with Gasteiger partial charge in [0.2, 0.25) is 0 Å². The zero-order valence-electron chi connectivity index (χ0n) is 9.79. The highest BCUT2D eigenvalue weighted by Crippen LogP contribution is 2.39. The highest BCUT2D eigenvalue weighted by Gasteiger charge is 2.29. The van der Waals surface area contributed by atoms with Gasteiger partial charge < -0.3 is 9.88 Å². The van der Waals surface area contributed by atoms with Crippen molar-refractivity contribution in [2.75, 3.05) is 7.05 Å². The number of hydrogen-bond donors (Lipinski definition) is 1. The van der Waals surface area contributed by atoms with E-state index in [4.69, 9.17) is 0 Å². The lowest BCUT2D eigenvalue weighted by Crippen LogP contribution is -2.21. The van der Waals surface area contributed by atoms with E-state index in [2.05, 4.69) is 21.8 Å². The maximum Gasteiger partial charge on any atom is 0.0948 e. The first-order valence-electron chi connectivity index (χ1n) is 5.87. The van der Waals surface area contributed by atoms with Crippen LogP contribution in [0.25, 0.3) is 0 Å². The third-order valence-corrected chi connectivity index (χ3v) is 3.52. The van der Waals surface area contributed by atoms with Crippen molar-refractivity contribution >= 4 is 0 Å². The molecule has 84 valence electrons. The maximum atomic E-state index is 4.24. The molecule has 1 aliphatic carbocycles. The van der Waals surface area contributed by atoms with Gasteiger partial charge in [0.05, 0.1) is 12.0 Å². The molecule has 3 nitrogen and oxygen atoms in total. The molecule has 15 heavy (non-hydrogen) atoms. The van der Waals surface area contributed by atoms with Crippen LogP contribution in [0, 0.1) is 5.41 Å². The fraction of sp³-hybridized carbons (Fsp3) is 0.750. The molecular weight excluding hydrogens is 186 g/mol. The van der Waals surface area contributed by atoms with Gasteiger partial charge in [0, 0.05) is 19.3 Å². The molecule has 1 aliphatic rings. The Morgan fingerprint density at radius 1 is 1.47 bits per heavy atom. The Hall–Kier alpha value is -0.830. The van der Waals surface area contributed by atoms with E-state index in [1.165, 1.54) is 31.4 Å². The van der Waals surface area contributed by atoms with Crippen LogP contribution >= 0.6 is 0 Å². The second kappa shape index (κ2) is 4.35. The summed E-state index contributed by atoms with van der Waals surface area (Å²) in [7, 11) is 1.98. The number of imidazole rings is 1. The SMILES string of the molecule is CNCc1cncn1CC1(C)CCCC1. The minimum atomic E-state index is 0.503. The topological polar surface area (TPSA) is 29.9 Å². The van der Waals surface area contributed by atoms with Gasteiger partial charge in [-0.15, -0.1) is 0 Å². The number of nitrogens with one attached hydrogen (secondary N) is 1. The third-order valence-electron chi connectivity index (χ3n) is 3.52. The largest absolute Gasteiger partial charge is 0.333 e. The molecule has 0 aliphatic heterocycles. The van der Waals surface area contributed by atoms with Crippen molar-refractivity contribution in [1.29, 1.82) is 0 Å². The molecule has 0 amide bonds. The lowest BCUT2D eigenvalue weighted by Gasteiger charge is -2.25. The maximum absolute atomic E-state index is 4.24. The van der Waals surface area contributed by atoms with E-state index in [-0.39, 0.29) is 0 Å². The second-order valence-corrected chi connectivity index (χ2v) is 5.06. The number of hydrogen-bond acceptors (Lipinski definition) is 2. The predicted octanol–water partition coefficient (Wildman–Crippen LogP) is 2.18. The highest BCUT2D eigenvalue weighted by molar-refractivity contribution is 4.99. The minimum absolute atomic E-state index is 0.503. The number of aromatic nitrogens is 2. The molecule has 1 fully saturated rings. The molecule has 0 atom stereocenters. The summed E-state index contributed by atoms with van der Waals surface area (Å²) in [5.74, 6) is 0. The van der Waals surface area contributed by atoms with Gasteiger partial charge in [-0.25, -0.2) is 4.98 Å². The van der Waals surface area contributed by atoms with E-state index < -0.39 is 0 Å². The average Bonchev–Trinajstić information content (AvgIpc) is 2.78. The van der Waals surface area contributed by atoms with Crippen LogP contribution in [-0.2, 0) is 13.1 Å². The van der Waals surface area contributed by atoms with Gasteiger partial charge in [-0.3, -0.25) is 0 Å². The molecule has 3 heteroatoms. The van der Waals surface area contributed by atoms with Gasteiger partial charge in [0.25, 0.3) is 0 Å². The van der Waals surface area contributed by atoms with E-state index in [0.29, 0.717) is 5.41 Å². The molecular formula is C12H21N3. The first-order valence-corrected chi connectivity index (χ1v) is 5.87. The molecule has 0 radical (unpaired) electrons. The van der Waals surface area contributed by atoms with Crippen LogP contribution in [0.4, 0.5) is 0 Å². The lowest BCUT2D eigenvalue weighted by atomic mass is 9.89. The first-order chi connectivity index (χ1) is 7.23. The Labute approximate surface area is 91.9 Å². The third kappa shape index (κ3) is 2.40. The zero-order valence-corrected chi connectivity index (χ0v) is 9.79. The molecule has 1 heterocycles. The van der Waals surface area contributed by atoms with Crippen molar-refractivity contribution in [1.82, 2.24) is 14.9 Å². The van der Waals surface area contributed by atoms with Crippen LogP contribution in [0.5, 0.6) is 0 Å². The van der Waals surface area contributed by atoms with Crippen LogP contribution in [0.2, 0.25) is 0 Å². The molecule has 0 aromatic carbocycles. The van der Waals surface area contributed by atoms with Gasteiger partial charge in [0.1, 0.15) is 0 Å². The fourth-order valence-corrected chi connectivity index (χ4v) is 2.62. The molecule has 1 aromatic rings. The molecule has 1 saturated carbocycles. The van der Waals surface area contributed by atoms with E-state index in [0.717, 1.165) is 13.1 Å². The normalized spacial score (nSPS) is 19.6. The van der Waals surface area contributed by atoms with Crippen molar-refractivity contribution in [3.63, 3.8) is 0 Å². The molecule has 1 N–H and O–H groups in total. The van der Waals surface area contributed by atoms with Crippen LogP contribution in [0.1, 0.15) is 38.3 Å². The summed E-state index contributed by atoms with van der Waals surface area (Å²) in [6, 6.07) is 0. The summed E-state index contributed by atoms with van der Waals surface area (Å²) in [4.78, 5) is 4.24. The van der Waals surface area contributed by atoms with Gasteiger partial charge in [-0.2, -0.15) is 0 Å². The summed E-state index contributed by atoms with van der Waals surface area (Å²) < 4.78 is 2.31. The smallest absolute Gasteiger partial charge is 0.0948 e. The van der Waals surface area contributed by atoms with Crippen LogP contribution in [-0.4, -0.2) is 16.6 Å². The van der Waals surface area contributed by atoms with E-state index in [9.17, 15) is 0 Å². The van der Waals surface area contributed by atoms with Crippen molar-refractivity contribution in [3.05, 3.63) is 18.2 Å². The summed E-state index contributed by atoms with van der Waals surface area (Å²) in [5, 5.41) is 3.19. The summed E-state index contributed by atoms with van der Waals surface area (Å²) in [5.41, 5.74) is 1.80. The first kappa shape index (κ1) is 10.7. The van der Waals surface area contributed by atoms with Gasteiger partial charge in [-0.1, -0.05) is 19.8 Å². The van der Waals surface area contributed by atoms with E-state index >= 15 is 0 Å². The van der Waals surface area contributed by atoms with E-state index in [1.54, 1.807) is 0 Å². The van der Waals surface area contributed by atoms with Crippen LogP contribution in [0.3, 0.4) is 0 Å². The molecule has 0 saturated heterocycles. The van der Waals surface area contributed by atoms with Gasteiger partial charge in [0.15, 0.2) is 0 Å². The minimum Gasteiger partial charge on any atom is -0.333 e. The van der Waals surface area contributed by atoms with Crippen molar-refractivity contribution < 1.29 is 0 Å². The lowest BCUT2D eigenvalue weighted by molar-refractivity contribution is 0.277. The Morgan fingerprint density at radius 2 is 2.20 bits per heavy atom. The van der Waals surface area contributed by atoms with E-state index in [1.807, 2.05) is 19.6 Å².